The molecule has 1 aromatic heterocycles. The van der Waals surface area contributed by atoms with Crippen molar-refractivity contribution in [3.05, 3.63) is 78.2 Å². The smallest absolute Gasteiger partial charge is 0.339 e. The number of rotatable bonds is 5. The lowest BCUT2D eigenvalue weighted by Gasteiger charge is -2.16. The number of esters is 1. The topological polar surface area (TPSA) is 84.4 Å². The average molecular weight is 362 g/mol. The van der Waals surface area contributed by atoms with Gasteiger partial charge in [0.25, 0.3) is 5.91 Å². The Bertz CT molecular complexity index is 943. The van der Waals surface area contributed by atoms with E-state index in [9.17, 15) is 9.59 Å². The van der Waals surface area contributed by atoms with Gasteiger partial charge >= 0.3 is 5.97 Å². The minimum absolute atomic E-state index is 0.216. The SMILES string of the molecule is COC(=O)c1ccccc1Nc1cnc(C(=O)N(C)c2ccccc2)cn1. The van der Waals surface area contributed by atoms with Crippen LogP contribution in [0.4, 0.5) is 17.2 Å². The summed E-state index contributed by atoms with van der Waals surface area (Å²) in [7, 11) is 3.00. The Balaban J connectivity index is 1.77. The molecule has 0 aliphatic heterocycles. The number of carbonyl (C=O) groups excluding carboxylic acids is 2. The van der Waals surface area contributed by atoms with Gasteiger partial charge in [-0.1, -0.05) is 30.3 Å². The van der Waals surface area contributed by atoms with E-state index in [4.69, 9.17) is 4.74 Å². The normalized spacial score (nSPS) is 10.1. The van der Waals surface area contributed by atoms with Crippen LogP contribution in [0.25, 0.3) is 0 Å². The molecule has 0 spiro atoms. The molecular formula is C20H18N4O3. The molecule has 0 saturated carbocycles. The number of para-hydroxylation sites is 2. The largest absolute Gasteiger partial charge is 0.465 e. The Labute approximate surface area is 156 Å². The molecule has 0 atom stereocenters. The molecule has 3 rings (SSSR count). The number of hydrogen-bond acceptors (Lipinski definition) is 6. The van der Waals surface area contributed by atoms with Crippen LogP contribution in [0, 0.1) is 0 Å². The number of hydrogen-bond donors (Lipinski definition) is 1. The lowest BCUT2D eigenvalue weighted by atomic mass is 10.2. The third-order valence-corrected chi connectivity index (χ3v) is 3.91. The Morgan fingerprint density at radius 1 is 0.963 bits per heavy atom. The van der Waals surface area contributed by atoms with Crippen molar-refractivity contribution >= 4 is 29.1 Å². The van der Waals surface area contributed by atoms with Gasteiger partial charge < -0.3 is 15.0 Å². The van der Waals surface area contributed by atoms with Gasteiger partial charge in [-0.2, -0.15) is 0 Å². The summed E-state index contributed by atoms with van der Waals surface area (Å²) in [6.45, 7) is 0. The molecule has 0 radical (unpaired) electrons. The summed E-state index contributed by atoms with van der Waals surface area (Å²) in [6, 6.07) is 16.2. The molecular weight excluding hydrogens is 344 g/mol. The van der Waals surface area contributed by atoms with Gasteiger partial charge in [-0.15, -0.1) is 0 Å². The lowest BCUT2D eigenvalue weighted by Crippen LogP contribution is -2.27. The van der Waals surface area contributed by atoms with E-state index in [1.165, 1.54) is 24.4 Å². The molecule has 0 aliphatic rings. The molecule has 2 aromatic carbocycles. The van der Waals surface area contributed by atoms with Crippen molar-refractivity contribution in [2.24, 2.45) is 0 Å². The zero-order chi connectivity index (χ0) is 19.2. The molecule has 0 bridgehead atoms. The Kier molecular flexibility index (Phi) is 5.41. The lowest BCUT2D eigenvalue weighted by molar-refractivity contribution is 0.0601. The predicted octanol–water partition coefficient (Wildman–Crippen LogP) is 3.28. The van der Waals surface area contributed by atoms with E-state index >= 15 is 0 Å². The van der Waals surface area contributed by atoms with Crippen molar-refractivity contribution in [3.63, 3.8) is 0 Å². The van der Waals surface area contributed by atoms with E-state index < -0.39 is 5.97 Å². The van der Waals surface area contributed by atoms with Crippen LogP contribution in [-0.4, -0.2) is 36.0 Å². The number of benzene rings is 2. The van der Waals surface area contributed by atoms with Crippen molar-refractivity contribution < 1.29 is 14.3 Å². The van der Waals surface area contributed by atoms with E-state index in [1.807, 2.05) is 30.3 Å². The summed E-state index contributed by atoms with van der Waals surface area (Å²) < 4.78 is 4.77. The number of methoxy groups -OCH3 is 1. The van der Waals surface area contributed by atoms with Gasteiger partial charge in [0.1, 0.15) is 11.5 Å². The highest BCUT2D eigenvalue weighted by molar-refractivity contribution is 6.04. The minimum Gasteiger partial charge on any atom is -0.465 e. The van der Waals surface area contributed by atoms with Gasteiger partial charge in [0.15, 0.2) is 0 Å². The third kappa shape index (κ3) is 4.09. The van der Waals surface area contributed by atoms with Crippen LogP contribution in [0.5, 0.6) is 0 Å². The second kappa shape index (κ2) is 8.09. The monoisotopic (exact) mass is 362 g/mol. The standard InChI is InChI=1S/C20H18N4O3/c1-24(14-8-4-3-5-9-14)19(25)17-12-22-18(13-21-17)23-16-11-7-6-10-15(16)20(26)27-2/h3-13H,1-2H3,(H,22,23). The minimum atomic E-state index is -0.456. The summed E-state index contributed by atoms with van der Waals surface area (Å²) >= 11 is 0. The average Bonchev–Trinajstić information content (AvgIpc) is 2.73. The van der Waals surface area contributed by atoms with Crippen LogP contribution in [0.2, 0.25) is 0 Å². The highest BCUT2D eigenvalue weighted by atomic mass is 16.5. The molecule has 0 aliphatic carbocycles. The number of amides is 1. The maximum Gasteiger partial charge on any atom is 0.339 e. The first kappa shape index (κ1) is 18.1. The van der Waals surface area contributed by atoms with Crippen molar-refractivity contribution in [3.8, 4) is 0 Å². The van der Waals surface area contributed by atoms with Gasteiger partial charge in [-0.25, -0.2) is 14.8 Å². The van der Waals surface area contributed by atoms with Crippen molar-refractivity contribution in [1.29, 1.82) is 0 Å². The maximum absolute atomic E-state index is 12.5. The third-order valence-electron chi connectivity index (χ3n) is 3.91. The van der Waals surface area contributed by atoms with Crippen molar-refractivity contribution in [1.82, 2.24) is 9.97 Å². The molecule has 0 fully saturated rings. The molecule has 7 heteroatoms. The molecule has 3 aromatic rings. The molecule has 7 nitrogen and oxygen atoms in total. The quantitative estimate of drug-likeness (QED) is 0.701. The summed E-state index contributed by atoms with van der Waals surface area (Å²) in [5, 5.41) is 3.02. The van der Waals surface area contributed by atoms with Gasteiger partial charge in [-0.3, -0.25) is 4.79 Å². The fraction of sp³-hybridized carbons (Fsp3) is 0.100. The van der Waals surface area contributed by atoms with Crippen LogP contribution in [-0.2, 0) is 4.74 Å². The Hall–Kier alpha value is -3.74. The summed E-state index contributed by atoms with van der Waals surface area (Å²) in [6.07, 6.45) is 2.84. The van der Waals surface area contributed by atoms with Crippen molar-refractivity contribution in [2.45, 2.75) is 0 Å². The fourth-order valence-corrected chi connectivity index (χ4v) is 2.46. The van der Waals surface area contributed by atoms with Crippen LogP contribution in [0.1, 0.15) is 20.8 Å². The number of aromatic nitrogens is 2. The molecule has 1 N–H and O–H groups in total. The fourth-order valence-electron chi connectivity index (χ4n) is 2.46. The second-order valence-electron chi connectivity index (χ2n) is 5.65. The number of nitrogens with one attached hydrogen (secondary N) is 1. The van der Waals surface area contributed by atoms with E-state index in [-0.39, 0.29) is 11.6 Å². The molecule has 0 saturated heterocycles. The number of nitrogens with zero attached hydrogens (tertiary/aromatic N) is 3. The predicted molar refractivity (Wildman–Crippen MR) is 102 cm³/mol. The summed E-state index contributed by atoms with van der Waals surface area (Å²) in [5.74, 6) is -0.317. The molecule has 1 heterocycles. The van der Waals surface area contributed by atoms with Crippen LogP contribution in [0.15, 0.2) is 67.0 Å². The van der Waals surface area contributed by atoms with Crippen LogP contribution in [0.3, 0.4) is 0 Å². The first-order chi connectivity index (χ1) is 13.1. The highest BCUT2D eigenvalue weighted by Crippen LogP contribution is 2.20. The Morgan fingerprint density at radius 2 is 1.67 bits per heavy atom. The Morgan fingerprint density at radius 3 is 2.33 bits per heavy atom. The highest BCUT2D eigenvalue weighted by Gasteiger charge is 2.16. The van der Waals surface area contributed by atoms with E-state index in [0.29, 0.717) is 17.1 Å². The summed E-state index contributed by atoms with van der Waals surface area (Å²) in [4.78, 5) is 34.3. The van der Waals surface area contributed by atoms with Crippen LogP contribution >= 0.6 is 0 Å². The van der Waals surface area contributed by atoms with Gasteiger partial charge in [0.05, 0.1) is 30.8 Å². The van der Waals surface area contributed by atoms with Gasteiger partial charge in [-0.05, 0) is 24.3 Å². The summed E-state index contributed by atoms with van der Waals surface area (Å²) in [5.41, 5.74) is 1.90. The van der Waals surface area contributed by atoms with E-state index in [2.05, 4.69) is 15.3 Å². The van der Waals surface area contributed by atoms with Crippen molar-refractivity contribution in [2.75, 3.05) is 24.4 Å². The van der Waals surface area contributed by atoms with Gasteiger partial charge in [0, 0.05) is 12.7 Å². The number of ether oxygens (including phenoxy) is 1. The zero-order valence-electron chi connectivity index (χ0n) is 14.9. The second-order valence-corrected chi connectivity index (χ2v) is 5.65. The number of anilines is 3. The van der Waals surface area contributed by atoms with Crippen LogP contribution < -0.4 is 10.2 Å². The zero-order valence-corrected chi connectivity index (χ0v) is 14.9. The number of carbonyl (C=O) groups is 2. The first-order valence-electron chi connectivity index (χ1n) is 8.19. The molecule has 136 valence electrons. The van der Waals surface area contributed by atoms with E-state index in [0.717, 1.165) is 5.69 Å². The molecule has 1 amide bonds. The molecule has 0 unspecified atom stereocenters. The van der Waals surface area contributed by atoms with E-state index in [1.54, 1.807) is 31.3 Å². The van der Waals surface area contributed by atoms with Gasteiger partial charge in [0.2, 0.25) is 0 Å². The first-order valence-corrected chi connectivity index (χ1v) is 8.19. The maximum atomic E-state index is 12.5. The molecule has 27 heavy (non-hydrogen) atoms.